The molecule has 0 atom stereocenters. The number of rotatable bonds is 3. The summed E-state index contributed by atoms with van der Waals surface area (Å²) >= 11 is 5.24. The minimum absolute atomic E-state index is 0.315. The Kier molecular flexibility index (Phi) is 2.94. The molecule has 0 amide bonds. The zero-order valence-electron chi connectivity index (χ0n) is 8.90. The Labute approximate surface area is 111 Å². The molecule has 0 aliphatic carbocycles. The molecule has 5 heteroatoms. The van der Waals surface area contributed by atoms with Gasteiger partial charge in [-0.2, -0.15) is 0 Å². The van der Waals surface area contributed by atoms with Crippen molar-refractivity contribution in [2.75, 3.05) is 12.1 Å². The van der Waals surface area contributed by atoms with Gasteiger partial charge in [-0.25, -0.2) is 0 Å². The van der Waals surface area contributed by atoms with Crippen LogP contribution in [0, 0.1) is 0 Å². The number of benzene rings is 1. The summed E-state index contributed by atoms with van der Waals surface area (Å²) in [5, 5.41) is 5.43. The summed E-state index contributed by atoms with van der Waals surface area (Å²) in [6, 6.07) is 7.94. The molecule has 2 heterocycles. The van der Waals surface area contributed by atoms with E-state index in [0.717, 1.165) is 28.2 Å². The van der Waals surface area contributed by atoms with E-state index >= 15 is 0 Å². The van der Waals surface area contributed by atoms with Crippen LogP contribution in [0.5, 0.6) is 11.5 Å². The van der Waals surface area contributed by atoms with Gasteiger partial charge in [0.15, 0.2) is 11.5 Å². The van der Waals surface area contributed by atoms with E-state index < -0.39 is 0 Å². The number of ether oxygens (including phenoxy) is 2. The maximum absolute atomic E-state index is 5.33. The van der Waals surface area contributed by atoms with Crippen molar-refractivity contribution in [2.45, 2.75) is 6.54 Å². The zero-order chi connectivity index (χ0) is 11.7. The SMILES string of the molecule is Brc1ccsc1CNc1ccc2c(c1)OCO2. The molecule has 3 nitrogen and oxygen atoms in total. The molecule has 0 spiro atoms. The van der Waals surface area contributed by atoms with Crippen molar-refractivity contribution in [3.05, 3.63) is 39.0 Å². The zero-order valence-corrected chi connectivity index (χ0v) is 11.3. The number of fused-ring (bicyclic) bond motifs is 1. The van der Waals surface area contributed by atoms with Gasteiger partial charge in [-0.3, -0.25) is 0 Å². The second kappa shape index (κ2) is 4.58. The fourth-order valence-electron chi connectivity index (χ4n) is 1.64. The van der Waals surface area contributed by atoms with E-state index in [-0.39, 0.29) is 0 Å². The van der Waals surface area contributed by atoms with Crippen LogP contribution < -0.4 is 14.8 Å². The summed E-state index contributed by atoms with van der Waals surface area (Å²) in [4.78, 5) is 1.28. The molecule has 17 heavy (non-hydrogen) atoms. The van der Waals surface area contributed by atoms with Crippen molar-refractivity contribution >= 4 is 33.0 Å². The molecule has 3 rings (SSSR count). The molecule has 0 fully saturated rings. The lowest BCUT2D eigenvalue weighted by Crippen LogP contribution is -1.97. The van der Waals surface area contributed by atoms with Gasteiger partial charge in [0.1, 0.15) is 0 Å². The number of hydrogen-bond acceptors (Lipinski definition) is 4. The Morgan fingerprint density at radius 1 is 1.24 bits per heavy atom. The van der Waals surface area contributed by atoms with E-state index in [0.29, 0.717) is 6.79 Å². The van der Waals surface area contributed by atoms with Gasteiger partial charge in [0.05, 0.1) is 6.54 Å². The van der Waals surface area contributed by atoms with E-state index in [1.165, 1.54) is 4.88 Å². The molecule has 1 aliphatic rings. The topological polar surface area (TPSA) is 30.5 Å². The van der Waals surface area contributed by atoms with Gasteiger partial charge in [0.25, 0.3) is 0 Å². The van der Waals surface area contributed by atoms with E-state index in [2.05, 4.69) is 32.7 Å². The van der Waals surface area contributed by atoms with Crippen molar-refractivity contribution < 1.29 is 9.47 Å². The lowest BCUT2D eigenvalue weighted by Gasteiger charge is -2.06. The van der Waals surface area contributed by atoms with Gasteiger partial charge >= 0.3 is 0 Å². The van der Waals surface area contributed by atoms with Crippen molar-refractivity contribution in [3.8, 4) is 11.5 Å². The molecular formula is C12H10BrNO2S. The third-order valence-electron chi connectivity index (χ3n) is 2.52. The van der Waals surface area contributed by atoms with Crippen LogP contribution in [0.4, 0.5) is 5.69 Å². The highest BCUT2D eigenvalue weighted by Crippen LogP contribution is 2.34. The molecule has 1 N–H and O–H groups in total. The maximum atomic E-state index is 5.33. The summed E-state index contributed by atoms with van der Waals surface area (Å²) in [5.41, 5.74) is 1.04. The molecule has 0 saturated carbocycles. The smallest absolute Gasteiger partial charge is 0.231 e. The average Bonchev–Trinajstić information content (AvgIpc) is 2.94. The maximum Gasteiger partial charge on any atom is 0.231 e. The normalized spacial score (nSPS) is 12.8. The van der Waals surface area contributed by atoms with Gasteiger partial charge in [-0.1, -0.05) is 0 Å². The van der Waals surface area contributed by atoms with Gasteiger partial charge in [0.2, 0.25) is 6.79 Å². The predicted octanol–water partition coefficient (Wildman–Crippen LogP) is 3.85. The van der Waals surface area contributed by atoms with Crippen LogP contribution in [0.25, 0.3) is 0 Å². The Morgan fingerprint density at radius 3 is 2.94 bits per heavy atom. The highest BCUT2D eigenvalue weighted by Gasteiger charge is 2.13. The minimum Gasteiger partial charge on any atom is -0.454 e. The fourth-order valence-corrected chi connectivity index (χ4v) is 3.07. The quantitative estimate of drug-likeness (QED) is 0.934. The van der Waals surface area contributed by atoms with Crippen molar-refractivity contribution in [2.24, 2.45) is 0 Å². The highest BCUT2D eigenvalue weighted by molar-refractivity contribution is 9.10. The van der Waals surface area contributed by atoms with Crippen LogP contribution >= 0.6 is 27.3 Å². The monoisotopic (exact) mass is 311 g/mol. The molecule has 0 saturated heterocycles. The molecule has 1 aromatic heterocycles. The summed E-state index contributed by atoms with van der Waals surface area (Å²) in [7, 11) is 0. The van der Waals surface area contributed by atoms with Crippen LogP contribution in [0.1, 0.15) is 4.88 Å². The Balaban J connectivity index is 1.72. The number of thiophene rings is 1. The summed E-state index contributed by atoms with van der Waals surface area (Å²) < 4.78 is 11.7. The minimum atomic E-state index is 0.315. The van der Waals surface area contributed by atoms with Gasteiger partial charge in [-0.15, -0.1) is 11.3 Å². The van der Waals surface area contributed by atoms with Crippen LogP contribution in [-0.2, 0) is 6.54 Å². The summed E-state index contributed by atoms with van der Waals surface area (Å²) in [6.45, 7) is 1.12. The van der Waals surface area contributed by atoms with E-state index in [1.54, 1.807) is 11.3 Å². The molecule has 0 radical (unpaired) electrons. The van der Waals surface area contributed by atoms with Crippen molar-refractivity contribution in [1.82, 2.24) is 0 Å². The third-order valence-corrected chi connectivity index (χ3v) is 4.44. The Morgan fingerprint density at radius 2 is 2.12 bits per heavy atom. The largest absolute Gasteiger partial charge is 0.454 e. The second-order valence-corrected chi connectivity index (χ2v) is 5.47. The molecule has 1 aliphatic heterocycles. The van der Waals surface area contributed by atoms with Gasteiger partial charge in [-0.05, 0) is 39.5 Å². The number of anilines is 1. The standard InChI is InChI=1S/C12H10BrNO2S/c13-9-3-4-17-12(9)6-14-8-1-2-10-11(5-8)16-7-15-10/h1-5,14H,6-7H2. The molecule has 88 valence electrons. The van der Waals surface area contributed by atoms with Crippen molar-refractivity contribution in [1.29, 1.82) is 0 Å². The average molecular weight is 312 g/mol. The van der Waals surface area contributed by atoms with Gasteiger partial charge in [0, 0.05) is 21.1 Å². The van der Waals surface area contributed by atoms with Gasteiger partial charge < -0.3 is 14.8 Å². The highest BCUT2D eigenvalue weighted by atomic mass is 79.9. The fraction of sp³-hybridized carbons (Fsp3) is 0.167. The van der Waals surface area contributed by atoms with E-state index in [4.69, 9.17) is 9.47 Å². The van der Waals surface area contributed by atoms with Crippen LogP contribution in [-0.4, -0.2) is 6.79 Å². The first kappa shape index (κ1) is 10.9. The lowest BCUT2D eigenvalue weighted by molar-refractivity contribution is 0.174. The van der Waals surface area contributed by atoms with E-state index in [1.807, 2.05) is 18.2 Å². The van der Waals surface area contributed by atoms with E-state index in [9.17, 15) is 0 Å². The first-order chi connectivity index (χ1) is 8.33. The van der Waals surface area contributed by atoms with Crippen LogP contribution in [0.15, 0.2) is 34.1 Å². The Hall–Kier alpha value is -1.20. The molecule has 2 aromatic rings. The first-order valence-corrected chi connectivity index (χ1v) is 6.85. The summed E-state index contributed by atoms with van der Waals surface area (Å²) in [6.07, 6.45) is 0. The summed E-state index contributed by atoms with van der Waals surface area (Å²) in [5.74, 6) is 1.62. The molecular weight excluding hydrogens is 302 g/mol. The predicted molar refractivity (Wildman–Crippen MR) is 71.9 cm³/mol. The molecule has 0 unspecified atom stereocenters. The van der Waals surface area contributed by atoms with Crippen LogP contribution in [0.3, 0.4) is 0 Å². The number of halogens is 1. The molecule has 0 bridgehead atoms. The van der Waals surface area contributed by atoms with Crippen molar-refractivity contribution in [3.63, 3.8) is 0 Å². The molecule has 1 aromatic carbocycles. The number of nitrogens with one attached hydrogen (secondary N) is 1. The third kappa shape index (κ3) is 2.25. The lowest BCUT2D eigenvalue weighted by atomic mass is 10.3. The second-order valence-electron chi connectivity index (χ2n) is 3.61. The number of hydrogen-bond donors (Lipinski definition) is 1. The van der Waals surface area contributed by atoms with Crippen LogP contribution in [0.2, 0.25) is 0 Å². The first-order valence-electron chi connectivity index (χ1n) is 5.18. The Bertz CT molecular complexity index is 541.